The van der Waals surface area contributed by atoms with Gasteiger partial charge in [0, 0.05) is 29.9 Å². The molecule has 6 nitrogen and oxygen atoms in total. The SMILES string of the molecule is O=C(N[C@@H]1CCC[C@@H]1n1ccnc1)c1cc(=O)[nH]c2cc(F)ccc12. The zero-order chi connectivity index (χ0) is 17.4. The highest BCUT2D eigenvalue weighted by Gasteiger charge is 2.30. The molecule has 0 spiro atoms. The fraction of sp³-hybridized carbons (Fsp3) is 0.278. The number of rotatable bonds is 3. The molecule has 0 unspecified atom stereocenters. The zero-order valence-corrected chi connectivity index (χ0v) is 13.4. The number of halogens is 1. The molecule has 2 N–H and O–H groups in total. The molecule has 1 aliphatic rings. The van der Waals surface area contributed by atoms with Crippen molar-refractivity contribution in [3.05, 3.63) is 64.7 Å². The fourth-order valence-corrected chi connectivity index (χ4v) is 3.60. The summed E-state index contributed by atoms with van der Waals surface area (Å²) in [5, 5.41) is 3.56. The molecular formula is C18H17FN4O2. The van der Waals surface area contributed by atoms with Gasteiger partial charge in [0.05, 0.1) is 23.4 Å². The number of fused-ring (bicyclic) bond motifs is 1. The molecule has 1 aromatic carbocycles. The molecular weight excluding hydrogens is 323 g/mol. The van der Waals surface area contributed by atoms with Crippen molar-refractivity contribution in [1.82, 2.24) is 19.9 Å². The van der Waals surface area contributed by atoms with E-state index in [4.69, 9.17) is 0 Å². The lowest BCUT2D eigenvalue weighted by Crippen LogP contribution is -2.38. The van der Waals surface area contributed by atoms with Gasteiger partial charge in [-0.05, 0) is 37.5 Å². The fourth-order valence-electron chi connectivity index (χ4n) is 3.60. The lowest BCUT2D eigenvalue weighted by Gasteiger charge is -2.22. The number of H-pyrrole nitrogens is 1. The molecule has 7 heteroatoms. The summed E-state index contributed by atoms with van der Waals surface area (Å²) < 4.78 is 15.4. The third kappa shape index (κ3) is 2.93. The van der Waals surface area contributed by atoms with Crippen molar-refractivity contribution >= 4 is 16.8 Å². The lowest BCUT2D eigenvalue weighted by atomic mass is 10.1. The molecule has 4 rings (SSSR count). The minimum Gasteiger partial charge on any atom is -0.347 e. The van der Waals surface area contributed by atoms with Gasteiger partial charge in [-0.2, -0.15) is 0 Å². The lowest BCUT2D eigenvalue weighted by molar-refractivity contribution is 0.0930. The van der Waals surface area contributed by atoms with Crippen molar-refractivity contribution in [3.63, 3.8) is 0 Å². The van der Waals surface area contributed by atoms with Gasteiger partial charge in [0.1, 0.15) is 5.82 Å². The molecule has 1 amide bonds. The maximum Gasteiger partial charge on any atom is 0.252 e. The van der Waals surface area contributed by atoms with Gasteiger partial charge in [-0.15, -0.1) is 0 Å². The monoisotopic (exact) mass is 340 g/mol. The molecule has 25 heavy (non-hydrogen) atoms. The Balaban J connectivity index is 1.65. The van der Waals surface area contributed by atoms with E-state index in [0.717, 1.165) is 19.3 Å². The quantitative estimate of drug-likeness (QED) is 0.768. The van der Waals surface area contributed by atoms with Crippen LogP contribution in [0.2, 0.25) is 0 Å². The molecule has 2 aromatic heterocycles. The topological polar surface area (TPSA) is 79.8 Å². The Kier molecular flexibility index (Phi) is 3.83. The number of carbonyl (C=O) groups is 1. The second-order valence-electron chi connectivity index (χ2n) is 6.33. The Morgan fingerprint density at radius 2 is 2.20 bits per heavy atom. The van der Waals surface area contributed by atoms with Crippen molar-refractivity contribution in [2.75, 3.05) is 0 Å². The van der Waals surface area contributed by atoms with E-state index in [1.807, 2.05) is 10.8 Å². The third-order valence-electron chi connectivity index (χ3n) is 4.75. The minimum absolute atomic E-state index is 0.0310. The van der Waals surface area contributed by atoms with Crippen LogP contribution in [0.15, 0.2) is 47.8 Å². The van der Waals surface area contributed by atoms with Crippen LogP contribution in [0.25, 0.3) is 10.9 Å². The van der Waals surface area contributed by atoms with Crippen molar-refractivity contribution < 1.29 is 9.18 Å². The average Bonchev–Trinajstić information content (AvgIpc) is 3.24. The molecule has 128 valence electrons. The first-order valence-corrected chi connectivity index (χ1v) is 8.23. The van der Waals surface area contributed by atoms with E-state index < -0.39 is 11.4 Å². The van der Waals surface area contributed by atoms with Crippen molar-refractivity contribution in [2.45, 2.75) is 31.3 Å². The number of aromatic nitrogens is 3. The van der Waals surface area contributed by atoms with Gasteiger partial charge in [0.15, 0.2) is 0 Å². The maximum absolute atomic E-state index is 13.4. The number of hydrogen-bond acceptors (Lipinski definition) is 3. The predicted molar refractivity (Wildman–Crippen MR) is 90.9 cm³/mol. The van der Waals surface area contributed by atoms with E-state index in [2.05, 4.69) is 15.3 Å². The van der Waals surface area contributed by atoms with E-state index in [0.29, 0.717) is 10.9 Å². The van der Waals surface area contributed by atoms with Gasteiger partial charge in [0.25, 0.3) is 5.91 Å². The Bertz CT molecular complexity index is 980. The van der Waals surface area contributed by atoms with Crippen LogP contribution in [0.5, 0.6) is 0 Å². The largest absolute Gasteiger partial charge is 0.347 e. The van der Waals surface area contributed by atoms with Crippen LogP contribution in [0.3, 0.4) is 0 Å². The summed E-state index contributed by atoms with van der Waals surface area (Å²) in [5.74, 6) is -0.781. The van der Waals surface area contributed by atoms with Gasteiger partial charge in [-0.25, -0.2) is 9.37 Å². The predicted octanol–water partition coefficient (Wildman–Crippen LogP) is 2.39. The van der Waals surface area contributed by atoms with E-state index in [9.17, 15) is 14.0 Å². The molecule has 1 saturated carbocycles. The zero-order valence-electron chi connectivity index (χ0n) is 13.4. The van der Waals surface area contributed by atoms with Crippen LogP contribution in [-0.4, -0.2) is 26.5 Å². The summed E-state index contributed by atoms with van der Waals surface area (Å²) >= 11 is 0. The van der Waals surface area contributed by atoms with Gasteiger partial charge in [-0.1, -0.05) is 0 Å². The number of pyridine rings is 1. The molecule has 0 radical (unpaired) electrons. The Morgan fingerprint density at radius 3 is 3.00 bits per heavy atom. The summed E-state index contributed by atoms with van der Waals surface area (Å²) in [6, 6.07) is 5.39. The normalized spacial score (nSPS) is 20.0. The van der Waals surface area contributed by atoms with Crippen LogP contribution in [0.1, 0.15) is 35.7 Å². The molecule has 3 aromatic rings. The second kappa shape index (κ2) is 6.16. The van der Waals surface area contributed by atoms with Gasteiger partial charge in [0.2, 0.25) is 5.56 Å². The Morgan fingerprint density at radius 1 is 1.32 bits per heavy atom. The number of nitrogens with one attached hydrogen (secondary N) is 2. The van der Waals surface area contributed by atoms with E-state index in [1.54, 1.807) is 12.5 Å². The van der Waals surface area contributed by atoms with E-state index >= 15 is 0 Å². The smallest absolute Gasteiger partial charge is 0.252 e. The average molecular weight is 340 g/mol. The first-order valence-electron chi connectivity index (χ1n) is 8.23. The highest BCUT2D eigenvalue weighted by Crippen LogP contribution is 2.30. The molecule has 0 saturated heterocycles. The highest BCUT2D eigenvalue weighted by atomic mass is 19.1. The van der Waals surface area contributed by atoms with Crippen molar-refractivity contribution in [1.29, 1.82) is 0 Å². The summed E-state index contributed by atoms with van der Waals surface area (Å²) in [6.45, 7) is 0. The molecule has 2 atom stereocenters. The molecule has 1 aliphatic carbocycles. The number of amides is 1. The van der Waals surface area contributed by atoms with Gasteiger partial charge < -0.3 is 14.9 Å². The number of aromatic amines is 1. The summed E-state index contributed by atoms with van der Waals surface area (Å²) in [7, 11) is 0. The summed E-state index contributed by atoms with van der Waals surface area (Å²) in [6.07, 6.45) is 8.19. The van der Waals surface area contributed by atoms with Crippen LogP contribution in [-0.2, 0) is 0 Å². The number of nitrogens with zero attached hydrogens (tertiary/aromatic N) is 2. The van der Waals surface area contributed by atoms with Gasteiger partial charge >= 0.3 is 0 Å². The molecule has 1 fully saturated rings. The second-order valence-corrected chi connectivity index (χ2v) is 6.33. The number of benzene rings is 1. The van der Waals surface area contributed by atoms with Crippen LogP contribution >= 0.6 is 0 Å². The minimum atomic E-state index is -0.461. The van der Waals surface area contributed by atoms with Crippen LogP contribution in [0, 0.1) is 5.82 Å². The molecule has 2 heterocycles. The first kappa shape index (κ1) is 15.6. The molecule has 0 bridgehead atoms. The Hall–Kier alpha value is -2.96. The van der Waals surface area contributed by atoms with Crippen molar-refractivity contribution in [2.24, 2.45) is 0 Å². The molecule has 0 aliphatic heterocycles. The third-order valence-corrected chi connectivity index (χ3v) is 4.75. The number of carbonyl (C=O) groups excluding carboxylic acids is 1. The number of hydrogen-bond donors (Lipinski definition) is 2. The standard InChI is InChI=1S/C18H17FN4O2/c19-11-4-5-12-13(9-17(24)21-15(12)8-11)18(25)22-14-2-1-3-16(14)23-7-6-20-10-23/h4-10,14,16H,1-3H2,(H,21,24)(H,22,25)/t14-,16+/m1/s1. The first-order chi connectivity index (χ1) is 12.1. The number of imidazole rings is 1. The van der Waals surface area contributed by atoms with Gasteiger partial charge in [-0.3, -0.25) is 9.59 Å². The maximum atomic E-state index is 13.4. The highest BCUT2D eigenvalue weighted by molar-refractivity contribution is 6.06. The summed E-state index contributed by atoms with van der Waals surface area (Å²) in [4.78, 5) is 31.3. The van der Waals surface area contributed by atoms with E-state index in [1.165, 1.54) is 24.3 Å². The Labute approximate surface area is 142 Å². The van der Waals surface area contributed by atoms with E-state index in [-0.39, 0.29) is 23.6 Å². The van der Waals surface area contributed by atoms with Crippen LogP contribution < -0.4 is 10.9 Å². The van der Waals surface area contributed by atoms with Crippen molar-refractivity contribution in [3.8, 4) is 0 Å². The van der Waals surface area contributed by atoms with Crippen LogP contribution in [0.4, 0.5) is 4.39 Å². The summed E-state index contributed by atoms with van der Waals surface area (Å²) in [5.41, 5.74) is 0.145.